The second-order valence-electron chi connectivity index (χ2n) is 7.49. The Kier molecular flexibility index (Phi) is 6.90. The van der Waals surface area contributed by atoms with Crippen LogP contribution in [0.25, 0.3) is 0 Å². The smallest absolute Gasteiger partial charge is 0.494 e. The predicted octanol–water partition coefficient (Wildman–Crippen LogP) is 4.01. The lowest BCUT2D eigenvalue weighted by molar-refractivity contribution is -0.274. The number of alkyl halides is 3. The molecule has 1 heterocycles. The zero-order chi connectivity index (χ0) is 23.5. The van der Waals surface area contributed by atoms with Crippen molar-refractivity contribution < 1.29 is 36.6 Å². The Bertz CT molecular complexity index is 996. The number of nitrogens with zero attached hydrogens (tertiary/aromatic N) is 1. The second-order valence-corrected chi connectivity index (χ2v) is 7.49. The first-order valence-corrected chi connectivity index (χ1v) is 9.87. The summed E-state index contributed by atoms with van der Waals surface area (Å²) in [5, 5.41) is 2.73. The summed E-state index contributed by atoms with van der Waals surface area (Å²) in [6.07, 6.45) is -4.53. The van der Waals surface area contributed by atoms with Gasteiger partial charge in [-0.25, -0.2) is 4.39 Å². The molecule has 2 atom stereocenters. The van der Waals surface area contributed by atoms with Crippen molar-refractivity contribution >= 4 is 11.8 Å². The molecule has 0 radical (unpaired) electrons. The molecule has 0 spiro atoms. The molecule has 2 aromatic carbocycles. The summed E-state index contributed by atoms with van der Waals surface area (Å²) in [5.74, 6) is -2.43. The lowest BCUT2D eigenvalue weighted by Crippen LogP contribution is -2.51. The predicted molar refractivity (Wildman–Crippen MR) is 107 cm³/mol. The normalized spacial score (nSPS) is 18.8. The highest BCUT2D eigenvalue weighted by Crippen LogP contribution is 2.27. The van der Waals surface area contributed by atoms with Gasteiger partial charge in [0.2, 0.25) is 0 Å². The van der Waals surface area contributed by atoms with Gasteiger partial charge in [-0.1, -0.05) is 19.1 Å². The van der Waals surface area contributed by atoms with E-state index in [1.807, 2.05) is 6.92 Å². The van der Waals surface area contributed by atoms with Crippen molar-refractivity contribution in [2.75, 3.05) is 20.2 Å². The SMILES string of the molecule is COc1ccc(C(=O)N2CC[C@@H](NC(=O)c3ccccc3OC(F)(F)F)[C@@H](C)C2)cc1F. The number of para-hydroxylation sites is 1. The van der Waals surface area contributed by atoms with Crippen molar-refractivity contribution in [1.29, 1.82) is 0 Å². The third-order valence-corrected chi connectivity index (χ3v) is 5.27. The molecule has 1 aliphatic rings. The van der Waals surface area contributed by atoms with Crippen LogP contribution in [0, 0.1) is 11.7 Å². The number of halogens is 4. The molecule has 0 unspecified atom stereocenters. The van der Waals surface area contributed by atoms with E-state index in [1.54, 1.807) is 4.90 Å². The minimum atomic E-state index is -4.92. The van der Waals surface area contributed by atoms with Gasteiger partial charge >= 0.3 is 6.36 Å². The van der Waals surface area contributed by atoms with Gasteiger partial charge in [0.05, 0.1) is 12.7 Å². The average Bonchev–Trinajstić information content (AvgIpc) is 2.73. The van der Waals surface area contributed by atoms with Gasteiger partial charge in [-0.15, -0.1) is 13.2 Å². The maximum absolute atomic E-state index is 13.9. The second kappa shape index (κ2) is 9.46. The third-order valence-electron chi connectivity index (χ3n) is 5.27. The number of hydrogen-bond acceptors (Lipinski definition) is 4. The van der Waals surface area contributed by atoms with Crippen molar-refractivity contribution in [3.63, 3.8) is 0 Å². The van der Waals surface area contributed by atoms with Gasteiger partial charge in [0.1, 0.15) is 5.75 Å². The number of piperidine rings is 1. The summed E-state index contributed by atoms with van der Waals surface area (Å²) in [4.78, 5) is 26.9. The summed E-state index contributed by atoms with van der Waals surface area (Å²) in [6, 6.07) is 8.69. The highest BCUT2D eigenvalue weighted by Gasteiger charge is 2.34. The van der Waals surface area contributed by atoms with Gasteiger partial charge in [-0.05, 0) is 42.7 Å². The molecule has 1 saturated heterocycles. The fourth-order valence-electron chi connectivity index (χ4n) is 3.64. The van der Waals surface area contributed by atoms with E-state index in [-0.39, 0.29) is 41.3 Å². The van der Waals surface area contributed by atoms with Gasteiger partial charge in [-0.3, -0.25) is 9.59 Å². The number of benzene rings is 2. The van der Waals surface area contributed by atoms with Gasteiger partial charge in [0, 0.05) is 24.7 Å². The lowest BCUT2D eigenvalue weighted by atomic mass is 9.93. The fraction of sp³-hybridized carbons (Fsp3) is 0.364. The quantitative estimate of drug-likeness (QED) is 0.694. The van der Waals surface area contributed by atoms with Crippen LogP contribution in [0.4, 0.5) is 17.6 Å². The van der Waals surface area contributed by atoms with E-state index >= 15 is 0 Å². The van der Waals surface area contributed by atoms with E-state index in [1.165, 1.54) is 37.4 Å². The van der Waals surface area contributed by atoms with Gasteiger partial charge in [0.15, 0.2) is 11.6 Å². The topological polar surface area (TPSA) is 67.9 Å². The number of hydrogen-bond donors (Lipinski definition) is 1. The van der Waals surface area contributed by atoms with E-state index in [2.05, 4.69) is 10.1 Å². The Labute approximate surface area is 182 Å². The van der Waals surface area contributed by atoms with E-state index in [0.717, 1.165) is 12.1 Å². The van der Waals surface area contributed by atoms with Crippen molar-refractivity contribution in [2.24, 2.45) is 5.92 Å². The highest BCUT2D eigenvalue weighted by molar-refractivity contribution is 5.97. The number of nitrogens with one attached hydrogen (secondary N) is 1. The number of methoxy groups -OCH3 is 1. The summed E-state index contributed by atoms with van der Waals surface area (Å²) >= 11 is 0. The van der Waals surface area contributed by atoms with Crippen LogP contribution in [0.2, 0.25) is 0 Å². The molecule has 0 bridgehead atoms. The molecule has 1 N–H and O–H groups in total. The first-order valence-electron chi connectivity index (χ1n) is 9.87. The van der Waals surface area contributed by atoms with Crippen LogP contribution < -0.4 is 14.8 Å². The molecule has 2 amide bonds. The van der Waals surface area contributed by atoms with E-state index in [4.69, 9.17) is 4.74 Å². The van der Waals surface area contributed by atoms with Crippen LogP contribution in [0.1, 0.15) is 34.1 Å². The molecule has 32 heavy (non-hydrogen) atoms. The number of carbonyl (C=O) groups excluding carboxylic acids is 2. The highest BCUT2D eigenvalue weighted by atomic mass is 19.4. The van der Waals surface area contributed by atoms with Crippen molar-refractivity contribution in [3.8, 4) is 11.5 Å². The van der Waals surface area contributed by atoms with Crippen molar-refractivity contribution in [3.05, 3.63) is 59.4 Å². The Balaban J connectivity index is 1.64. The lowest BCUT2D eigenvalue weighted by Gasteiger charge is -2.37. The van der Waals surface area contributed by atoms with Crippen LogP contribution in [-0.2, 0) is 0 Å². The first kappa shape index (κ1) is 23.4. The summed E-state index contributed by atoms with van der Waals surface area (Å²) < 4.78 is 60.6. The van der Waals surface area contributed by atoms with Crippen LogP contribution in [-0.4, -0.2) is 49.3 Å². The Morgan fingerprint density at radius 1 is 1.12 bits per heavy atom. The van der Waals surface area contributed by atoms with Gasteiger partial charge in [0.25, 0.3) is 11.8 Å². The summed E-state index contributed by atoms with van der Waals surface area (Å²) in [7, 11) is 1.33. The molecule has 1 aliphatic heterocycles. The Morgan fingerprint density at radius 3 is 2.47 bits per heavy atom. The number of ether oxygens (including phenoxy) is 2. The molecule has 172 valence electrons. The fourth-order valence-corrected chi connectivity index (χ4v) is 3.64. The molecule has 0 saturated carbocycles. The Hall–Kier alpha value is -3.30. The van der Waals surface area contributed by atoms with Crippen molar-refractivity contribution in [1.82, 2.24) is 10.2 Å². The third kappa shape index (κ3) is 5.49. The average molecular weight is 454 g/mol. The van der Waals surface area contributed by atoms with Crippen LogP contribution in [0.15, 0.2) is 42.5 Å². The van der Waals surface area contributed by atoms with E-state index < -0.39 is 23.8 Å². The van der Waals surface area contributed by atoms with Crippen LogP contribution in [0.3, 0.4) is 0 Å². The van der Waals surface area contributed by atoms with E-state index in [9.17, 15) is 27.2 Å². The standard InChI is InChI=1S/C22H22F4N2O4/c1-13-12-28(21(30)14-7-8-19(31-2)16(23)11-14)10-9-17(13)27-20(29)15-5-3-4-6-18(15)32-22(24,25)26/h3-8,11,13,17H,9-10,12H2,1-2H3,(H,27,29)/t13-,17+/m0/s1. The zero-order valence-corrected chi connectivity index (χ0v) is 17.4. The number of amides is 2. The first-order chi connectivity index (χ1) is 15.1. The zero-order valence-electron chi connectivity index (χ0n) is 17.4. The van der Waals surface area contributed by atoms with Gasteiger partial charge < -0.3 is 19.7 Å². The molecule has 0 aromatic heterocycles. The van der Waals surface area contributed by atoms with Crippen LogP contribution in [0.5, 0.6) is 11.5 Å². The van der Waals surface area contributed by atoms with Crippen LogP contribution >= 0.6 is 0 Å². The molecule has 1 fully saturated rings. The molecular weight excluding hydrogens is 432 g/mol. The monoisotopic (exact) mass is 454 g/mol. The maximum atomic E-state index is 13.9. The molecule has 2 aromatic rings. The van der Waals surface area contributed by atoms with E-state index in [0.29, 0.717) is 13.0 Å². The molecule has 3 rings (SSSR count). The molecule has 6 nitrogen and oxygen atoms in total. The minimum Gasteiger partial charge on any atom is -0.494 e. The molecule has 0 aliphatic carbocycles. The number of rotatable bonds is 5. The number of likely N-dealkylation sites (tertiary alicyclic amines) is 1. The summed E-state index contributed by atoms with van der Waals surface area (Å²) in [5.41, 5.74) is -0.0551. The van der Waals surface area contributed by atoms with Crippen molar-refractivity contribution in [2.45, 2.75) is 25.7 Å². The van der Waals surface area contributed by atoms with Gasteiger partial charge in [-0.2, -0.15) is 0 Å². The Morgan fingerprint density at radius 2 is 1.84 bits per heavy atom. The minimum absolute atomic E-state index is 0.0334. The summed E-state index contributed by atoms with van der Waals surface area (Å²) in [6.45, 7) is 2.40. The number of carbonyl (C=O) groups is 2. The largest absolute Gasteiger partial charge is 0.573 e. The molecular formula is C22H22F4N2O4. The molecule has 10 heteroatoms. The maximum Gasteiger partial charge on any atom is 0.573 e.